The monoisotopic (exact) mass is 380 g/mol. The highest BCUT2D eigenvalue weighted by molar-refractivity contribution is 7.00. The van der Waals surface area contributed by atoms with Gasteiger partial charge in [0.15, 0.2) is 0 Å². The molecular weight excluding hydrogens is 356 g/mol. The van der Waals surface area contributed by atoms with Crippen LogP contribution in [0.25, 0.3) is 0 Å². The second-order valence-corrected chi connectivity index (χ2v) is 12.0. The summed E-state index contributed by atoms with van der Waals surface area (Å²) in [5.41, 5.74) is 1.10. The number of benzene rings is 3. The highest BCUT2D eigenvalue weighted by Gasteiger charge is 2.52. The fourth-order valence-electron chi connectivity index (χ4n) is 3.47. The third-order valence-electron chi connectivity index (χ3n) is 4.77. The van der Waals surface area contributed by atoms with Gasteiger partial charge in [0.25, 0.3) is 0 Å². The Labute approximate surface area is 162 Å². The molecule has 0 saturated heterocycles. The summed E-state index contributed by atoms with van der Waals surface area (Å²) in [4.78, 5) is 0. The van der Waals surface area contributed by atoms with E-state index in [0.717, 1.165) is 11.3 Å². The largest absolute Gasteiger partial charge is 0.534 e. The van der Waals surface area contributed by atoms with Crippen molar-refractivity contribution in [3.63, 3.8) is 0 Å². The molecule has 0 aliphatic carbocycles. The maximum absolute atomic E-state index is 6.93. The van der Waals surface area contributed by atoms with Crippen LogP contribution in [0.3, 0.4) is 0 Å². The van der Waals surface area contributed by atoms with Gasteiger partial charge >= 0.3 is 8.32 Å². The van der Waals surface area contributed by atoms with Crippen LogP contribution < -0.4 is 14.8 Å². The van der Waals surface area contributed by atoms with Crippen LogP contribution in [-0.2, 0) is 5.88 Å². The van der Waals surface area contributed by atoms with Crippen LogP contribution in [0.15, 0.2) is 84.9 Å². The molecule has 3 rings (SSSR count). The van der Waals surface area contributed by atoms with Crippen LogP contribution >= 0.6 is 11.6 Å². The van der Waals surface area contributed by atoms with Gasteiger partial charge in [-0.2, -0.15) is 0 Å². The molecule has 0 atom stereocenters. The summed E-state index contributed by atoms with van der Waals surface area (Å²) in [7, 11) is -2.55. The van der Waals surface area contributed by atoms with Gasteiger partial charge in [0.2, 0.25) is 0 Å². The van der Waals surface area contributed by atoms with Gasteiger partial charge in [0.1, 0.15) is 5.75 Å². The van der Waals surface area contributed by atoms with Gasteiger partial charge < -0.3 is 4.43 Å². The van der Waals surface area contributed by atoms with Crippen molar-refractivity contribution in [3.8, 4) is 5.75 Å². The average molecular weight is 381 g/mol. The molecule has 0 bridgehead atoms. The molecule has 0 unspecified atom stereocenters. The van der Waals surface area contributed by atoms with Gasteiger partial charge in [0.05, 0.1) is 0 Å². The zero-order valence-electron chi connectivity index (χ0n) is 15.6. The molecule has 3 heteroatoms. The minimum absolute atomic E-state index is 0.0408. The lowest BCUT2D eigenvalue weighted by Crippen LogP contribution is -2.68. The molecule has 3 aromatic rings. The van der Waals surface area contributed by atoms with E-state index in [1.165, 1.54) is 10.4 Å². The predicted molar refractivity (Wildman–Crippen MR) is 114 cm³/mol. The van der Waals surface area contributed by atoms with E-state index in [0.29, 0.717) is 5.88 Å². The Hall–Kier alpha value is -2.03. The molecular formula is C23H25ClOSi. The standard InChI is InChI=1S/C23H25ClOSi/c1-23(2,3)26(21-10-6-4-7-11-21,22-12-8-5-9-13-22)25-20-16-14-19(18-24)15-17-20/h4-17H,18H2,1-3H3. The van der Waals surface area contributed by atoms with E-state index < -0.39 is 8.32 Å². The number of hydrogen-bond donors (Lipinski definition) is 0. The molecule has 0 radical (unpaired) electrons. The van der Waals surface area contributed by atoms with Crippen LogP contribution in [0.5, 0.6) is 5.75 Å². The van der Waals surface area contributed by atoms with E-state index in [1.54, 1.807) is 0 Å². The van der Waals surface area contributed by atoms with Gasteiger partial charge in [0, 0.05) is 5.88 Å². The summed E-state index contributed by atoms with van der Waals surface area (Å²) >= 11 is 5.94. The average Bonchev–Trinajstić information content (AvgIpc) is 2.67. The number of halogens is 1. The molecule has 0 spiro atoms. The van der Waals surface area contributed by atoms with Crippen molar-refractivity contribution in [2.75, 3.05) is 0 Å². The highest BCUT2D eigenvalue weighted by atomic mass is 35.5. The zero-order valence-corrected chi connectivity index (χ0v) is 17.3. The summed E-state index contributed by atoms with van der Waals surface area (Å²) in [5.74, 6) is 1.41. The summed E-state index contributed by atoms with van der Waals surface area (Å²) in [6.45, 7) is 6.85. The fraction of sp³-hybridized carbons (Fsp3) is 0.217. The molecule has 0 saturated carbocycles. The van der Waals surface area contributed by atoms with Gasteiger partial charge in [-0.25, -0.2) is 0 Å². The minimum atomic E-state index is -2.55. The lowest BCUT2D eigenvalue weighted by Gasteiger charge is -2.43. The molecule has 0 heterocycles. The van der Waals surface area contributed by atoms with E-state index >= 15 is 0 Å². The first-order valence-corrected chi connectivity index (χ1v) is 11.4. The third-order valence-corrected chi connectivity index (χ3v) is 10.0. The molecule has 1 nitrogen and oxygen atoms in total. The van der Waals surface area contributed by atoms with Crippen molar-refractivity contribution in [1.29, 1.82) is 0 Å². The molecule has 0 N–H and O–H groups in total. The zero-order chi connectivity index (χ0) is 18.6. The maximum Gasteiger partial charge on any atom is 0.319 e. The SMILES string of the molecule is CC(C)(C)[Si](Oc1ccc(CCl)cc1)(c1ccccc1)c1ccccc1. The topological polar surface area (TPSA) is 9.23 Å². The predicted octanol–water partition coefficient (Wildman–Crippen LogP) is 5.36. The van der Waals surface area contributed by atoms with E-state index in [4.69, 9.17) is 16.0 Å². The quantitative estimate of drug-likeness (QED) is 0.427. The van der Waals surface area contributed by atoms with Crippen LogP contribution in [0.1, 0.15) is 26.3 Å². The maximum atomic E-state index is 6.93. The smallest absolute Gasteiger partial charge is 0.319 e. The first kappa shape index (κ1) is 18.7. The van der Waals surface area contributed by atoms with Crippen molar-refractivity contribution < 1.29 is 4.43 Å². The van der Waals surface area contributed by atoms with E-state index in [2.05, 4.69) is 81.4 Å². The molecule has 0 aliphatic heterocycles. The van der Waals surface area contributed by atoms with Crippen molar-refractivity contribution in [2.24, 2.45) is 0 Å². The highest BCUT2D eigenvalue weighted by Crippen LogP contribution is 2.37. The van der Waals surface area contributed by atoms with Crippen molar-refractivity contribution >= 4 is 30.3 Å². The summed E-state index contributed by atoms with van der Waals surface area (Å²) in [6.07, 6.45) is 0. The Balaban J connectivity index is 2.19. The van der Waals surface area contributed by atoms with Gasteiger partial charge in [-0.15, -0.1) is 11.6 Å². The van der Waals surface area contributed by atoms with Crippen LogP contribution in [0.2, 0.25) is 5.04 Å². The molecule has 3 aromatic carbocycles. The Morgan fingerprint density at radius 3 is 1.58 bits per heavy atom. The molecule has 0 amide bonds. The van der Waals surface area contributed by atoms with E-state index in [9.17, 15) is 0 Å². The minimum Gasteiger partial charge on any atom is -0.534 e. The van der Waals surface area contributed by atoms with Crippen molar-refractivity contribution in [3.05, 3.63) is 90.5 Å². The summed E-state index contributed by atoms with van der Waals surface area (Å²) < 4.78 is 6.93. The summed E-state index contributed by atoms with van der Waals surface area (Å²) in [5, 5.41) is 2.51. The first-order chi connectivity index (χ1) is 12.5. The second-order valence-electron chi connectivity index (χ2n) is 7.54. The van der Waals surface area contributed by atoms with Crippen molar-refractivity contribution in [2.45, 2.75) is 31.7 Å². The molecule has 0 fully saturated rings. The van der Waals surface area contributed by atoms with Crippen molar-refractivity contribution in [1.82, 2.24) is 0 Å². The lowest BCUT2D eigenvalue weighted by atomic mass is 10.2. The second kappa shape index (κ2) is 7.69. The van der Waals surface area contributed by atoms with Gasteiger partial charge in [-0.3, -0.25) is 0 Å². The van der Waals surface area contributed by atoms with Gasteiger partial charge in [-0.05, 0) is 33.1 Å². The molecule has 0 aliphatic rings. The Kier molecular flexibility index (Phi) is 5.54. The third kappa shape index (κ3) is 3.58. The van der Waals surface area contributed by atoms with E-state index in [1.807, 2.05) is 24.3 Å². The molecule has 26 heavy (non-hydrogen) atoms. The lowest BCUT2D eigenvalue weighted by molar-refractivity contribution is 0.508. The fourth-order valence-corrected chi connectivity index (χ4v) is 8.07. The number of hydrogen-bond acceptors (Lipinski definition) is 1. The van der Waals surface area contributed by atoms with Crippen LogP contribution in [0, 0.1) is 0 Å². The first-order valence-electron chi connectivity index (χ1n) is 8.92. The normalized spacial score (nSPS) is 12.0. The van der Waals surface area contributed by atoms with Gasteiger partial charge in [-0.1, -0.05) is 93.6 Å². The van der Waals surface area contributed by atoms with Crippen LogP contribution in [0.4, 0.5) is 0 Å². The Morgan fingerprint density at radius 1 is 0.731 bits per heavy atom. The number of alkyl halides is 1. The molecule has 0 aromatic heterocycles. The Bertz CT molecular complexity index is 784. The van der Waals surface area contributed by atoms with Crippen LogP contribution in [-0.4, -0.2) is 8.32 Å². The van der Waals surface area contributed by atoms with E-state index in [-0.39, 0.29) is 5.04 Å². The molecule has 134 valence electrons. The Morgan fingerprint density at radius 2 is 1.19 bits per heavy atom. The number of rotatable bonds is 5. The summed E-state index contributed by atoms with van der Waals surface area (Å²) in [6, 6.07) is 29.5.